The van der Waals surface area contributed by atoms with Crippen LogP contribution in [0.5, 0.6) is 0 Å². The number of hydrogen-bond donors (Lipinski definition) is 1. The van der Waals surface area contributed by atoms with Gasteiger partial charge in [-0.15, -0.1) is 0 Å². The van der Waals surface area contributed by atoms with Crippen molar-refractivity contribution >= 4 is 5.91 Å². The second kappa shape index (κ2) is 10.2. The topological polar surface area (TPSA) is 41.6 Å². The van der Waals surface area contributed by atoms with Crippen molar-refractivity contribution in [3.05, 3.63) is 0 Å². The van der Waals surface area contributed by atoms with Crippen molar-refractivity contribution in [2.45, 2.75) is 59.5 Å². The van der Waals surface area contributed by atoms with E-state index in [2.05, 4.69) is 24.1 Å². The molecule has 124 valence electrons. The number of nitrogens with zero attached hydrogens (tertiary/aromatic N) is 1. The van der Waals surface area contributed by atoms with E-state index in [9.17, 15) is 4.79 Å². The Morgan fingerprint density at radius 2 is 1.90 bits per heavy atom. The van der Waals surface area contributed by atoms with Crippen molar-refractivity contribution in [2.75, 3.05) is 32.8 Å². The van der Waals surface area contributed by atoms with Gasteiger partial charge in [0.05, 0.1) is 6.10 Å². The molecule has 1 rings (SSSR count). The molecule has 0 radical (unpaired) electrons. The molecule has 1 aliphatic heterocycles. The number of hydrogen-bond acceptors (Lipinski definition) is 3. The van der Waals surface area contributed by atoms with Crippen LogP contribution in [0.2, 0.25) is 0 Å². The lowest BCUT2D eigenvalue weighted by Gasteiger charge is -2.31. The van der Waals surface area contributed by atoms with Gasteiger partial charge in [-0.25, -0.2) is 0 Å². The SMILES string of the molecule is CC(C)CCN1CCC(C(=O)NCCCOC(C)C)CC1. The lowest BCUT2D eigenvalue weighted by Crippen LogP contribution is -2.41. The average molecular weight is 298 g/mol. The zero-order chi connectivity index (χ0) is 15.7. The summed E-state index contributed by atoms with van der Waals surface area (Å²) >= 11 is 0. The van der Waals surface area contributed by atoms with E-state index in [0.717, 1.165) is 51.4 Å². The summed E-state index contributed by atoms with van der Waals surface area (Å²) in [5.74, 6) is 1.22. The minimum atomic E-state index is 0.214. The fourth-order valence-corrected chi connectivity index (χ4v) is 2.61. The molecule has 21 heavy (non-hydrogen) atoms. The van der Waals surface area contributed by atoms with Gasteiger partial charge in [0, 0.05) is 19.1 Å². The van der Waals surface area contributed by atoms with Gasteiger partial charge >= 0.3 is 0 Å². The summed E-state index contributed by atoms with van der Waals surface area (Å²) in [6.45, 7) is 13.4. The summed E-state index contributed by atoms with van der Waals surface area (Å²) < 4.78 is 5.47. The molecule has 1 saturated heterocycles. The molecule has 0 saturated carbocycles. The molecule has 4 heteroatoms. The zero-order valence-electron chi connectivity index (χ0n) is 14.4. The highest BCUT2D eigenvalue weighted by Gasteiger charge is 2.24. The lowest BCUT2D eigenvalue weighted by molar-refractivity contribution is -0.126. The Hall–Kier alpha value is -0.610. The van der Waals surface area contributed by atoms with Crippen LogP contribution in [0.1, 0.15) is 53.4 Å². The number of carbonyl (C=O) groups excluding carboxylic acids is 1. The van der Waals surface area contributed by atoms with Crippen molar-refractivity contribution < 1.29 is 9.53 Å². The van der Waals surface area contributed by atoms with E-state index in [1.165, 1.54) is 13.0 Å². The molecular weight excluding hydrogens is 264 g/mol. The molecule has 0 atom stereocenters. The summed E-state index contributed by atoms with van der Waals surface area (Å²) in [6, 6.07) is 0. The number of carbonyl (C=O) groups is 1. The van der Waals surface area contributed by atoms with Gasteiger partial charge in [-0.05, 0) is 65.1 Å². The fraction of sp³-hybridized carbons (Fsp3) is 0.941. The van der Waals surface area contributed by atoms with Crippen LogP contribution in [0.15, 0.2) is 0 Å². The molecule has 0 unspecified atom stereocenters. The van der Waals surface area contributed by atoms with Gasteiger partial charge < -0.3 is 15.0 Å². The molecule has 1 fully saturated rings. The van der Waals surface area contributed by atoms with Crippen LogP contribution >= 0.6 is 0 Å². The normalized spacial score (nSPS) is 17.6. The number of nitrogens with one attached hydrogen (secondary N) is 1. The third-order valence-electron chi connectivity index (χ3n) is 4.05. The van der Waals surface area contributed by atoms with Crippen molar-refractivity contribution in [1.82, 2.24) is 10.2 Å². The van der Waals surface area contributed by atoms with Gasteiger partial charge in [0.2, 0.25) is 5.91 Å². The first-order chi connectivity index (χ1) is 9.99. The van der Waals surface area contributed by atoms with Crippen LogP contribution in [-0.2, 0) is 9.53 Å². The maximum absolute atomic E-state index is 12.1. The summed E-state index contributed by atoms with van der Waals surface area (Å²) in [4.78, 5) is 14.6. The Balaban J connectivity index is 2.08. The van der Waals surface area contributed by atoms with E-state index in [1.54, 1.807) is 0 Å². The largest absolute Gasteiger partial charge is 0.379 e. The molecule has 0 bridgehead atoms. The van der Waals surface area contributed by atoms with E-state index in [1.807, 2.05) is 13.8 Å². The Morgan fingerprint density at radius 3 is 2.48 bits per heavy atom. The lowest BCUT2D eigenvalue weighted by atomic mass is 9.95. The van der Waals surface area contributed by atoms with Crippen LogP contribution in [0, 0.1) is 11.8 Å². The molecule has 0 aromatic carbocycles. The second-order valence-corrected chi connectivity index (χ2v) is 6.86. The van der Waals surface area contributed by atoms with E-state index in [-0.39, 0.29) is 17.9 Å². The van der Waals surface area contributed by atoms with Gasteiger partial charge in [0.1, 0.15) is 0 Å². The van der Waals surface area contributed by atoms with Crippen molar-refractivity contribution in [2.24, 2.45) is 11.8 Å². The first-order valence-electron chi connectivity index (χ1n) is 8.60. The standard InChI is InChI=1S/C17H34N2O2/c1-14(2)6-10-19-11-7-16(8-12-19)17(20)18-9-5-13-21-15(3)4/h14-16H,5-13H2,1-4H3,(H,18,20). The van der Waals surface area contributed by atoms with Crippen LogP contribution in [0.4, 0.5) is 0 Å². The Kier molecular flexibility index (Phi) is 8.93. The third kappa shape index (κ3) is 8.42. The Bertz CT molecular complexity index is 285. The Labute approximate surface area is 130 Å². The smallest absolute Gasteiger partial charge is 0.223 e. The second-order valence-electron chi connectivity index (χ2n) is 6.86. The molecule has 4 nitrogen and oxygen atoms in total. The maximum atomic E-state index is 12.1. The summed E-state index contributed by atoms with van der Waals surface area (Å²) in [5, 5.41) is 3.05. The first-order valence-corrected chi connectivity index (χ1v) is 8.60. The summed E-state index contributed by atoms with van der Waals surface area (Å²) in [7, 11) is 0. The van der Waals surface area contributed by atoms with Crippen molar-refractivity contribution in [3.8, 4) is 0 Å². The summed E-state index contributed by atoms with van der Waals surface area (Å²) in [5.41, 5.74) is 0. The van der Waals surface area contributed by atoms with E-state index >= 15 is 0 Å². The molecule has 0 spiro atoms. The van der Waals surface area contributed by atoms with Gasteiger partial charge in [-0.2, -0.15) is 0 Å². The maximum Gasteiger partial charge on any atom is 0.223 e. The molecule has 0 aliphatic carbocycles. The first kappa shape index (κ1) is 18.4. The van der Waals surface area contributed by atoms with Crippen LogP contribution in [0.25, 0.3) is 0 Å². The minimum absolute atomic E-state index is 0.214. The van der Waals surface area contributed by atoms with E-state index < -0.39 is 0 Å². The highest BCUT2D eigenvalue weighted by Crippen LogP contribution is 2.18. The number of likely N-dealkylation sites (tertiary alicyclic amines) is 1. The van der Waals surface area contributed by atoms with Crippen molar-refractivity contribution in [3.63, 3.8) is 0 Å². The predicted molar refractivity (Wildman–Crippen MR) is 87.3 cm³/mol. The van der Waals surface area contributed by atoms with Gasteiger partial charge in [0.15, 0.2) is 0 Å². The number of piperidine rings is 1. The number of amides is 1. The van der Waals surface area contributed by atoms with Crippen molar-refractivity contribution in [1.29, 1.82) is 0 Å². The fourth-order valence-electron chi connectivity index (χ4n) is 2.61. The molecule has 1 N–H and O–H groups in total. The monoisotopic (exact) mass is 298 g/mol. The highest BCUT2D eigenvalue weighted by atomic mass is 16.5. The quantitative estimate of drug-likeness (QED) is 0.665. The molecule has 1 heterocycles. The summed E-state index contributed by atoms with van der Waals surface area (Å²) in [6.07, 6.45) is 4.44. The molecule has 1 aliphatic rings. The van der Waals surface area contributed by atoms with Gasteiger partial charge in [-0.1, -0.05) is 13.8 Å². The van der Waals surface area contributed by atoms with Crippen LogP contribution in [0.3, 0.4) is 0 Å². The van der Waals surface area contributed by atoms with Gasteiger partial charge in [0.25, 0.3) is 0 Å². The highest BCUT2D eigenvalue weighted by molar-refractivity contribution is 5.78. The van der Waals surface area contributed by atoms with E-state index in [4.69, 9.17) is 4.74 Å². The third-order valence-corrected chi connectivity index (χ3v) is 4.05. The van der Waals surface area contributed by atoms with Crippen LogP contribution < -0.4 is 5.32 Å². The van der Waals surface area contributed by atoms with Crippen LogP contribution in [-0.4, -0.2) is 49.7 Å². The predicted octanol–water partition coefficient (Wildman–Crippen LogP) is 2.68. The molecule has 0 aromatic heterocycles. The number of ether oxygens (including phenoxy) is 1. The minimum Gasteiger partial charge on any atom is -0.379 e. The molecule has 0 aromatic rings. The zero-order valence-corrected chi connectivity index (χ0v) is 14.4. The van der Waals surface area contributed by atoms with Gasteiger partial charge in [-0.3, -0.25) is 4.79 Å². The molecular formula is C17H34N2O2. The molecule has 1 amide bonds. The van der Waals surface area contributed by atoms with E-state index in [0.29, 0.717) is 0 Å². The average Bonchev–Trinajstić information content (AvgIpc) is 2.44. The Morgan fingerprint density at radius 1 is 1.24 bits per heavy atom. The number of rotatable bonds is 9.